The van der Waals surface area contributed by atoms with Crippen molar-refractivity contribution in [2.75, 3.05) is 41.0 Å². The van der Waals surface area contributed by atoms with Crippen molar-refractivity contribution >= 4 is 17.9 Å². The number of rotatable bonds is 40. The number of likely N-dealkylation sites (N-methyl/N-ethyl adjacent to an activating group) is 1. The van der Waals surface area contributed by atoms with E-state index in [1.54, 1.807) is 0 Å². The number of esters is 2. The minimum atomic E-state index is -0.881. The lowest BCUT2D eigenvalue weighted by Crippen LogP contribution is -2.50. The van der Waals surface area contributed by atoms with Crippen LogP contribution in [0, 0.1) is 0 Å². The number of hydrogen-bond donors (Lipinski definition) is 1. The molecule has 0 rings (SSSR count). The van der Waals surface area contributed by atoms with Gasteiger partial charge >= 0.3 is 17.9 Å². The average molecular weight is 801 g/mol. The second-order valence-electron chi connectivity index (χ2n) is 16.3. The molecular weight excluding hydrogens is 715 g/mol. The van der Waals surface area contributed by atoms with E-state index in [1.807, 2.05) is 21.1 Å². The van der Waals surface area contributed by atoms with Gasteiger partial charge in [-0.2, -0.15) is 0 Å². The SMILES string of the molecule is CC/C=C\C/C=C\C/C=C\CCCCCCCCCC(=O)OC(COCCC(C(=O)O)[N+](C)(C)C)COC(=O)CCCCCCC/C=C\C/C=C\CCCCCC. The summed E-state index contributed by atoms with van der Waals surface area (Å²) in [7, 11) is 5.52. The maximum Gasteiger partial charge on any atom is 0.362 e. The summed E-state index contributed by atoms with van der Waals surface area (Å²) in [6, 6.07) is -0.621. The number of nitrogens with zero attached hydrogens (tertiary/aromatic N) is 1. The number of hydrogen-bond acceptors (Lipinski definition) is 6. The topological polar surface area (TPSA) is 99.1 Å². The number of carbonyl (C=O) groups is 3. The zero-order valence-corrected chi connectivity index (χ0v) is 37.3. The lowest BCUT2D eigenvalue weighted by Gasteiger charge is -2.31. The molecule has 8 heteroatoms. The molecule has 0 saturated carbocycles. The predicted molar refractivity (Wildman–Crippen MR) is 238 cm³/mol. The van der Waals surface area contributed by atoms with E-state index in [2.05, 4.69) is 74.6 Å². The highest BCUT2D eigenvalue weighted by molar-refractivity contribution is 5.72. The van der Waals surface area contributed by atoms with Gasteiger partial charge in [-0.15, -0.1) is 0 Å². The number of allylic oxidation sites excluding steroid dienone is 10. The van der Waals surface area contributed by atoms with E-state index in [1.165, 1.54) is 57.8 Å². The minimum absolute atomic E-state index is 0.0504. The zero-order chi connectivity index (χ0) is 42.1. The van der Waals surface area contributed by atoms with Crippen molar-refractivity contribution in [1.29, 1.82) is 0 Å². The Labute approximate surface area is 349 Å². The molecule has 328 valence electrons. The maximum atomic E-state index is 12.7. The van der Waals surface area contributed by atoms with Gasteiger partial charge in [-0.1, -0.05) is 145 Å². The largest absolute Gasteiger partial charge is 0.477 e. The third-order valence-corrected chi connectivity index (χ3v) is 9.90. The van der Waals surface area contributed by atoms with Crippen LogP contribution in [0.3, 0.4) is 0 Å². The Morgan fingerprint density at radius 2 is 0.982 bits per heavy atom. The van der Waals surface area contributed by atoms with Crippen LogP contribution in [0.25, 0.3) is 0 Å². The molecule has 0 bridgehead atoms. The highest BCUT2D eigenvalue weighted by Gasteiger charge is 2.31. The van der Waals surface area contributed by atoms with Gasteiger partial charge in [0, 0.05) is 19.3 Å². The zero-order valence-electron chi connectivity index (χ0n) is 37.3. The minimum Gasteiger partial charge on any atom is -0.477 e. The molecule has 1 N–H and O–H groups in total. The molecule has 0 amide bonds. The summed E-state index contributed by atoms with van der Waals surface area (Å²) < 4.78 is 17.3. The fourth-order valence-electron chi connectivity index (χ4n) is 6.37. The number of unbranched alkanes of at least 4 members (excludes halogenated alkanes) is 16. The molecule has 0 heterocycles. The summed E-state index contributed by atoms with van der Waals surface area (Å²) in [6.45, 7) is 4.58. The Kier molecular flexibility index (Phi) is 37.8. The van der Waals surface area contributed by atoms with Gasteiger partial charge < -0.3 is 23.8 Å². The van der Waals surface area contributed by atoms with Gasteiger partial charge in [0.15, 0.2) is 12.1 Å². The first-order valence-electron chi connectivity index (χ1n) is 22.8. The monoisotopic (exact) mass is 801 g/mol. The first kappa shape index (κ1) is 54.0. The standard InChI is InChI=1S/C49H85NO7/c1-6-8-10-12-14-16-18-20-22-24-26-28-30-32-34-36-38-40-48(52)57-45(43-55-42-41-46(49(53)54)50(3,4)5)44-56-47(51)39-37-35-33-31-29-27-25-23-21-19-17-15-13-11-9-7-2/h8,10,14,16-17,19-20,22-23,25,45-46H,6-7,9,11-13,15,18,21,24,26-44H2,1-5H3/p+1/b10-8-,16-14-,19-17-,22-20-,25-23-. The molecule has 0 aliphatic carbocycles. The fourth-order valence-corrected chi connectivity index (χ4v) is 6.37. The second-order valence-corrected chi connectivity index (χ2v) is 16.3. The van der Waals surface area contributed by atoms with Gasteiger partial charge in [0.25, 0.3) is 0 Å². The Hall–Kier alpha value is -2.97. The van der Waals surface area contributed by atoms with Gasteiger partial charge in [0.05, 0.1) is 34.4 Å². The first-order valence-corrected chi connectivity index (χ1v) is 22.8. The average Bonchev–Trinajstić information content (AvgIpc) is 3.17. The van der Waals surface area contributed by atoms with E-state index in [0.717, 1.165) is 89.9 Å². The first-order chi connectivity index (χ1) is 27.6. The molecular formula is C49H86NO7+. The summed E-state index contributed by atoms with van der Waals surface area (Å²) >= 11 is 0. The summed E-state index contributed by atoms with van der Waals surface area (Å²) in [6.07, 6.45) is 48.3. The van der Waals surface area contributed by atoms with Crippen LogP contribution in [0.4, 0.5) is 0 Å². The van der Waals surface area contributed by atoms with E-state index in [4.69, 9.17) is 14.2 Å². The molecule has 0 aliphatic rings. The molecule has 2 atom stereocenters. The normalized spacial score (nSPS) is 13.5. The van der Waals surface area contributed by atoms with Gasteiger partial charge in [-0.3, -0.25) is 9.59 Å². The van der Waals surface area contributed by atoms with Crippen LogP contribution in [0.15, 0.2) is 60.8 Å². The number of quaternary nitrogens is 1. The van der Waals surface area contributed by atoms with E-state index in [9.17, 15) is 19.5 Å². The highest BCUT2D eigenvalue weighted by atomic mass is 16.6. The number of ether oxygens (including phenoxy) is 3. The Morgan fingerprint density at radius 1 is 0.544 bits per heavy atom. The summed E-state index contributed by atoms with van der Waals surface area (Å²) in [5.74, 6) is -1.50. The van der Waals surface area contributed by atoms with Crippen LogP contribution in [-0.2, 0) is 28.6 Å². The lowest BCUT2D eigenvalue weighted by molar-refractivity contribution is -0.887. The number of carboxylic acids is 1. The molecule has 0 aliphatic heterocycles. The van der Waals surface area contributed by atoms with Crippen molar-refractivity contribution in [3.05, 3.63) is 60.8 Å². The van der Waals surface area contributed by atoms with E-state index < -0.39 is 18.1 Å². The third kappa shape index (κ3) is 38.3. The molecule has 0 aromatic rings. The maximum absolute atomic E-state index is 12.7. The lowest BCUT2D eigenvalue weighted by atomic mass is 10.1. The van der Waals surface area contributed by atoms with Gasteiger partial charge in [-0.25, -0.2) is 4.79 Å². The fraction of sp³-hybridized carbons (Fsp3) is 0.735. The number of aliphatic carboxylic acids is 1. The molecule has 0 fully saturated rings. The van der Waals surface area contributed by atoms with E-state index in [0.29, 0.717) is 19.3 Å². The molecule has 8 nitrogen and oxygen atoms in total. The molecule has 2 unspecified atom stereocenters. The van der Waals surface area contributed by atoms with Gasteiger partial charge in [0.2, 0.25) is 0 Å². The van der Waals surface area contributed by atoms with Crippen molar-refractivity contribution < 1.29 is 38.2 Å². The van der Waals surface area contributed by atoms with Crippen molar-refractivity contribution in [3.8, 4) is 0 Å². The van der Waals surface area contributed by atoms with Crippen LogP contribution in [0.1, 0.15) is 181 Å². The summed E-state index contributed by atoms with van der Waals surface area (Å²) in [5, 5.41) is 9.63. The molecule has 57 heavy (non-hydrogen) atoms. The third-order valence-electron chi connectivity index (χ3n) is 9.90. The number of carbonyl (C=O) groups excluding carboxylic acids is 2. The molecule has 0 aromatic heterocycles. The quantitative estimate of drug-likeness (QED) is 0.0285. The molecule has 0 saturated heterocycles. The van der Waals surface area contributed by atoms with E-state index >= 15 is 0 Å². The molecule has 0 spiro atoms. The van der Waals surface area contributed by atoms with Gasteiger partial charge in [0.1, 0.15) is 6.61 Å². The van der Waals surface area contributed by atoms with E-state index in [-0.39, 0.29) is 36.2 Å². The number of carboxylic acid groups (broad SMARTS) is 1. The Balaban J connectivity index is 4.37. The Bertz CT molecular complexity index is 1120. The van der Waals surface area contributed by atoms with Gasteiger partial charge in [-0.05, 0) is 77.0 Å². The van der Waals surface area contributed by atoms with Crippen LogP contribution < -0.4 is 0 Å². The second kappa shape index (κ2) is 39.8. The van der Waals surface area contributed by atoms with Crippen molar-refractivity contribution in [3.63, 3.8) is 0 Å². The van der Waals surface area contributed by atoms with Crippen LogP contribution >= 0.6 is 0 Å². The Morgan fingerprint density at radius 3 is 1.46 bits per heavy atom. The van der Waals surface area contributed by atoms with Crippen molar-refractivity contribution in [2.24, 2.45) is 0 Å². The summed E-state index contributed by atoms with van der Waals surface area (Å²) in [4.78, 5) is 37.0. The van der Waals surface area contributed by atoms with Crippen LogP contribution in [-0.4, -0.2) is 80.6 Å². The molecule has 0 radical (unpaired) electrons. The summed E-state index contributed by atoms with van der Waals surface area (Å²) in [5.41, 5.74) is 0. The van der Waals surface area contributed by atoms with Crippen molar-refractivity contribution in [1.82, 2.24) is 0 Å². The smallest absolute Gasteiger partial charge is 0.362 e. The van der Waals surface area contributed by atoms with Crippen LogP contribution in [0.5, 0.6) is 0 Å². The molecule has 0 aromatic carbocycles. The predicted octanol–water partition coefficient (Wildman–Crippen LogP) is 12.6. The van der Waals surface area contributed by atoms with Crippen LogP contribution in [0.2, 0.25) is 0 Å². The highest BCUT2D eigenvalue weighted by Crippen LogP contribution is 2.14. The van der Waals surface area contributed by atoms with Crippen molar-refractivity contribution in [2.45, 2.75) is 193 Å².